The Bertz CT molecular complexity index is 599. The van der Waals surface area contributed by atoms with E-state index in [0.717, 1.165) is 11.3 Å². The van der Waals surface area contributed by atoms with E-state index < -0.39 is 0 Å². The van der Waals surface area contributed by atoms with Crippen molar-refractivity contribution in [1.82, 2.24) is 0 Å². The standard InChI is InChI=1S/C15H17N3O2/c1-16-14-9-8-12(10-15(14)18(19)20)11-17(2)13-6-4-3-5-7-13/h3-10,16H,11H2,1-2H3. The number of benzene rings is 2. The van der Waals surface area contributed by atoms with Crippen LogP contribution in [-0.2, 0) is 6.54 Å². The fourth-order valence-corrected chi connectivity index (χ4v) is 2.09. The summed E-state index contributed by atoms with van der Waals surface area (Å²) in [5.74, 6) is 0. The lowest BCUT2D eigenvalue weighted by Gasteiger charge is -2.19. The van der Waals surface area contributed by atoms with Gasteiger partial charge in [0.2, 0.25) is 0 Å². The predicted molar refractivity (Wildman–Crippen MR) is 81.2 cm³/mol. The lowest BCUT2D eigenvalue weighted by Crippen LogP contribution is -2.16. The van der Waals surface area contributed by atoms with E-state index in [1.165, 1.54) is 0 Å². The van der Waals surface area contributed by atoms with Crippen molar-refractivity contribution in [2.45, 2.75) is 6.54 Å². The van der Waals surface area contributed by atoms with Crippen LogP contribution in [0, 0.1) is 10.1 Å². The van der Waals surface area contributed by atoms with Crippen LogP contribution in [0.25, 0.3) is 0 Å². The van der Waals surface area contributed by atoms with Crippen LogP contribution >= 0.6 is 0 Å². The summed E-state index contributed by atoms with van der Waals surface area (Å²) < 4.78 is 0. The zero-order chi connectivity index (χ0) is 14.5. The molecule has 0 saturated heterocycles. The Balaban J connectivity index is 2.22. The molecule has 0 aromatic heterocycles. The zero-order valence-electron chi connectivity index (χ0n) is 11.5. The van der Waals surface area contributed by atoms with Crippen molar-refractivity contribution in [1.29, 1.82) is 0 Å². The molecule has 20 heavy (non-hydrogen) atoms. The van der Waals surface area contributed by atoms with Gasteiger partial charge < -0.3 is 10.2 Å². The van der Waals surface area contributed by atoms with Crippen molar-refractivity contribution in [3.8, 4) is 0 Å². The maximum atomic E-state index is 11.0. The van der Waals surface area contributed by atoms with Gasteiger partial charge in [0.25, 0.3) is 5.69 Å². The Morgan fingerprint density at radius 3 is 2.50 bits per heavy atom. The molecule has 0 atom stereocenters. The predicted octanol–water partition coefficient (Wildman–Crippen LogP) is 3.27. The number of nitrogens with zero attached hydrogens (tertiary/aromatic N) is 2. The molecule has 2 rings (SSSR count). The molecule has 0 bridgehead atoms. The second-order valence-corrected chi connectivity index (χ2v) is 4.55. The van der Waals surface area contributed by atoms with Crippen LogP contribution in [0.3, 0.4) is 0 Å². The molecule has 5 nitrogen and oxygen atoms in total. The minimum absolute atomic E-state index is 0.103. The molecule has 2 aromatic rings. The highest BCUT2D eigenvalue weighted by molar-refractivity contribution is 5.62. The first kappa shape index (κ1) is 13.9. The number of nitro groups is 1. The Hall–Kier alpha value is -2.56. The summed E-state index contributed by atoms with van der Waals surface area (Å²) >= 11 is 0. The Morgan fingerprint density at radius 2 is 1.90 bits per heavy atom. The van der Waals surface area contributed by atoms with E-state index in [-0.39, 0.29) is 10.6 Å². The van der Waals surface area contributed by atoms with Gasteiger partial charge in [-0.3, -0.25) is 10.1 Å². The first-order valence-corrected chi connectivity index (χ1v) is 6.33. The largest absolute Gasteiger partial charge is 0.383 e. The minimum Gasteiger partial charge on any atom is -0.383 e. The number of hydrogen-bond donors (Lipinski definition) is 1. The monoisotopic (exact) mass is 271 g/mol. The third-order valence-electron chi connectivity index (χ3n) is 3.14. The molecule has 0 radical (unpaired) electrons. The third kappa shape index (κ3) is 3.06. The van der Waals surface area contributed by atoms with E-state index in [1.807, 2.05) is 43.4 Å². The van der Waals surface area contributed by atoms with Crippen LogP contribution in [0.1, 0.15) is 5.56 Å². The molecule has 0 spiro atoms. The molecule has 0 amide bonds. The first-order chi connectivity index (χ1) is 9.61. The maximum absolute atomic E-state index is 11.0. The molecule has 0 saturated carbocycles. The fourth-order valence-electron chi connectivity index (χ4n) is 2.09. The summed E-state index contributed by atoms with van der Waals surface area (Å²) in [6.07, 6.45) is 0. The fraction of sp³-hybridized carbons (Fsp3) is 0.200. The quantitative estimate of drug-likeness (QED) is 0.669. The highest BCUT2D eigenvalue weighted by Gasteiger charge is 2.14. The second kappa shape index (κ2) is 6.06. The summed E-state index contributed by atoms with van der Waals surface area (Å²) in [6, 6.07) is 15.2. The molecule has 2 aromatic carbocycles. The minimum atomic E-state index is -0.363. The molecular formula is C15H17N3O2. The molecule has 0 aliphatic heterocycles. The van der Waals surface area contributed by atoms with E-state index in [0.29, 0.717) is 12.2 Å². The van der Waals surface area contributed by atoms with Gasteiger partial charge in [-0.2, -0.15) is 0 Å². The van der Waals surface area contributed by atoms with Gasteiger partial charge in [0.1, 0.15) is 5.69 Å². The van der Waals surface area contributed by atoms with Gasteiger partial charge in [0, 0.05) is 32.4 Å². The van der Waals surface area contributed by atoms with Crippen LogP contribution in [0.15, 0.2) is 48.5 Å². The first-order valence-electron chi connectivity index (χ1n) is 6.33. The zero-order valence-corrected chi connectivity index (χ0v) is 11.5. The lowest BCUT2D eigenvalue weighted by atomic mass is 10.1. The molecule has 0 fully saturated rings. The molecule has 0 heterocycles. The average Bonchev–Trinajstić information content (AvgIpc) is 2.48. The van der Waals surface area contributed by atoms with Crippen LogP contribution in [0.5, 0.6) is 0 Å². The number of hydrogen-bond acceptors (Lipinski definition) is 4. The number of nitro benzene ring substituents is 1. The third-order valence-corrected chi connectivity index (χ3v) is 3.14. The highest BCUT2D eigenvalue weighted by atomic mass is 16.6. The summed E-state index contributed by atoms with van der Waals surface area (Å²) in [5, 5.41) is 13.9. The smallest absolute Gasteiger partial charge is 0.292 e. The summed E-state index contributed by atoms with van der Waals surface area (Å²) in [7, 11) is 3.64. The second-order valence-electron chi connectivity index (χ2n) is 4.55. The number of anilines is 2. The summed E-state index contributed by atoms with van der Waals surface area (Å²) in [6.45, 7) is 0.620. The highest BCUT2D eigenvalue weighted by Crippen LogP contribution is 2.26. The molecule has 0 aliphatic rings. The van der Waals surface area contributed by atoms with Crippen molar-refractivity contribution in [2.24, 2.45) is 0 Å². The Labute approximate surface area is 118 Å². The van der Waals surface area contributed by atoms with Gasteiger partial charge >= 0.3 is 0 Å². The number of rotatable bonds is 5. The number of nitrogens with one attached hydrogen (secondary N) is 1. The molecular weight excluding hydrogens is 254 g/mol. The van der Waals surface area contributed by atoms with Gasteiger partial charge in [0.15, 0.2) is 0 Å². The van der Waals surface area contributed by atoms with Crippen molar-refractivity contribution in [2.75, 3.05) is 24.3 Å². The van der Waals surface area contributed by atoms with E-state index in [9.17, 15) is 10.1 Å². The normalized spacial score (nSPS) is 10.1. The van der Waals surface area contributed by atoms with E-state index >= 15 is 0 Å². The van der Waals surface area contributed by atoms with Gasteiger partial charge in [-0.1, -0.05) is 24.3 Å². The van der Waals surface area contributed by atoms with Gasteiger partial charge in [-0.25, -0.2) is 0 Å². The molecule has 0 aliphatic carbocycles. The molecule has 104 valence electrons. The van der Waals surface area contributed by atoms with Crippen molar-refractivity contribution < 1.29 is 4.92 Å². The maximum Gasteiger partial charge on any atom is 0.292 e. The summed E-state index contributed by atoms with van der Waals surface area (Å²) in [5.41, 5.74) is 2.61. The van der Waals surface area contributed by atoms with Crippen molar-refractivity contribution >= 4 is 17.1 Å². The van der Waals surface area contributed by atoms with Crippen LogP contribution in [-0.4, -0.2) is 19.0 Å². The SMILES string of the molecule is CNc1ccc(CN(C)c2ccccc2)cc1[N+](=O)[O-]. The van der Waals surface area contributed by atoms with Gasteiger partial charge in [-0.15, -0.1) is 0 Å². The van der Waals surface area contributed by atoms with Crippen LogP contribution < -0.4 is 10.2 Å². The van der Waals surface area contributed by atoms with Crippen LogP contribution in [0.2, 0.25) is 0 Å². The average molecular weight is 271 g/mol. The van der Waals surface area contributed by atoms with Gasteiger partial charge in [-0.05, 0) is 23.8 Å². The van der Waals surface area contributed by atoms with Crippen molar-refractivity contribution in [3.05, 3.63) is 64.2 Å². The summed E-state index contributed by atoms with van der Waals surface area (Å²) in [4.78, 5) is 12.7. The Morgan fingerprint density at radius 1 is 1.20 bits per heavy atom. The van der Waals surface area contributed by atoms with Gasteiger partial charge in [0.05, 0.1) is 4.92 Å². The molecule has 0 unspecified atom stereocenters. The van der Waals surface area contributed by atoms with E-state index in [2.05, 4.69) is 10.2 Å². The van der Waals surface area contributed by atoms with Crippen molar-refractivity contribution in [3.63, 3.8) is 0 Å². The molecule has 1 N–H and O–H groups in total. The lowest BCUT2D eigenvalue weighted by molar-refractivity contribution is -0.384. The van der Waals surface area contributed by atoms with E-state index in [1.54, 1.807) is 19.2 Å². The van der Waals surface area contributed by atoms with Crippen LogP contribution in [0.4, 0.5) is 17.1 Å². The van der Waals surface area contributed by atoms with E-state index in [4.69, 9.17) is 0 Å². The topological polar surface area (TPSA) is 58.4 Å². The molecule has 5 heteroatoms. The Kier molecular flexibility index (Phi) is 4.20. The number of para-hydroxylation sites is 1.